The number of rotatable bonds is 3. The first-order valence-corrected chi connectivity index (χ1v) is 7.82. The Morgan fingerprint density at radius 1 is 1.27 bits per heavy atom. The zero-order valence-corrected chi connectivity index (χ0v) is 13.8. The van der Waals surface area contributed by atoms with E-state index in [0.29, 0.717) is 11.8 Å². The van der Waals surface area contributed by atoms with Crippen molar-refractivity contribution in [3.63, 3.8) is 0 Å². The van der Waals surface area contributed by atoms with E-state index in [9.17, 15) is 14.4 Å². The van der Waals surface area contributed by atoms with E-state index >= 15 is 0 Å². The van der Waals surface area contributed by atoms with Crippen LogP contribution in [0, 0.1) is 17.8 Å². The van der Waals surface area contributed by atoms with Gasteiger partial charge < -0.3 is 11.1 Å². The molecular weight excluding hydrogens is 306 g/mol. The van der Waals surface area contributed by atoms with E-state index in [1.54, 1.807) is 13.8 Å². The first kappa shape index (κ1) is 17.2. The fourth-order valence-electron chi connectivity index (χ4n) is 4.30. The van der Waals surface area contributed by atoms with Gasteiger partial charge in [0.2, 0.25) is 11.8 Å². The number of carbonyl (C=O) groups is 3. The zero-order valence-electron chi connectivity index (χ0n) is 13.0. The van der Waals surface area contributed by atoms with E-state index in [1.807, 2.05) is 0 Å². The van der Waals surface area contributed by atoms with Gasteiger partial charge in [-0.3, -0.25) is 19.3 Å². The number of imide groups is 1. The van der Waals surface area contributed by atoms with Gasteiger partial charge in [-0.15, -0.1) is 12.4 Å². The van der Waals surface area contributed by atoms with Crippen molar-refractivity contribution < 1.29 is 14.4 Å². The van der Waals surface area contributed by atoms with Gasteiger partial charge in [-0.25, -0.2) is 0 Å². The molecule has 6 nitrogen and oxygen atoms in total. The van der Waals surface area contributed by atoms with Crippen molar-refractivity contribution in [2.24, 2.45) is 23.5 Å². The SMILES string of the molecule is CC(C)N1C(=O)CC(NC(=O)C2C3CCC(C3)C2N)C1=O.Cl. The first-order chi connectivity index (χ1) is 9.90. The lowest BCUT2D eigenvalue weighted by molar-refractivity contribution is -0.142. The molecule has 0 aromatic heterocycles. The quantitative estimate of drug-likeness (QED) is 0.735. The monoisotopic (exact) mass is 329 g/mol. The highest BCUT2D eigenvalue weighted by Gasteiger charge is 2.50. The van der Waals surface area contributed by atoms with Crippen molar-refractivity contribution >= 4 is 30.1 Å². The fraction of sp³-hybridized carbons (Fsp3) is 0.800. The molecule has 2 bridgehead atoms. The third kappa shape index (κ3) is 2.63. The highest BCUT2D eigenvalue weighted by atomic mass is 35.5. The van der Waals surface area contributed by atoms with Crippen molar-refractivity contribution in [2.45, 2.75) is 57.7 Å². The summed E-state index contributed by atoms with van der Waals surface area (Å²) in [5, 5.41) is 2.77. The summed E-state index contributed by atoms with van der Waals surface area (Å²) in [4.78, 5) is 37.8. The standard InChI is InChI=1S/C15H23N3O3.ClH/c1-7(2)18-11(19)6-10(15(18)21)17-14(20)12-8-3-4-9(5-8)13(12)16;/h7-10,12-13H,3-6,16H2,1-2H3,(H,17,20);1H. The number of nitrogens with zero attached hydrogens (tertiary/aromatic N) is 1. The van der Waals surface area contributed by atoms with Crippen LogP contribution in [0.4, 0.5) is 0 Å². The maximum absolute atomic E-state index is 12.5. The molecule has 0 radical (unpaired) electrons. The van der Waals surface area contributed by atoms with Crippen LogP contribution in [-0.2, 0) is 14.4 Å². The summed E-state index contributed by atoms with van der Waals surface area (Å²) in [6.45, 7) is 3.59. The number of fused-ring (bicyclic) bond motifs is 2. The summed E-state index contributed by atoms with van der Waals surface area (Å²) in [5.41, 5.74) is 6.15. The van der Waals surface area contributed by atoms with Gasteiger partial charge >= 0.3 is 0 Å². The predicted octanol–water partition coefficient (Wildman–Crippen LogP) is 0.434. The van der Waals surface area contributed by atoms with Crippen molar-refractivity contribution in [1.82, 2.24) is 10.2 Å². The maximum Gasteiger partial charge on any atom is 0.252 e. The highest BCUT2D eigenvalue weighted by Crippen LogP contribution is 2.47. The molecule has 5 unspecified atom stereocenters. The molecule has 0 aromatic carbocycles. The molecule has 7 heteroatoms. The number of amides is 3. The van der Waals surface area contributed by atoms with Crippen LogP contribution >= 0.6 is 12.4 Å². The van der Waals surface area contributed by atoms with Gasteiger partial charge in [-0.2, -0.15) is 0 Å². The van der Waals surface area contributed by atoms with Crippen LogP contribution in [0.1, 0.15) is 39.5 Å². The Hall–Kier alpha value is -1.14. The van der Waals surface area contributed by atoms with E-state index in [-0.39, 0.29) is 54.6 Å². The number of halogens is 1. The molecule has 5 atom stereocenters. The van der Waals surface area contributed by atoms with E-state index in [4.69, 9.17) is 5.73 Å². The zero-order chi connectivity index (χ0) is 15.3. The summed E-state index contributed by atoms with van der Waals surface area (Å²) in [5.74, 6) is -0.0546. The molecule has 3 amide bonds. The van der Waals surface area contributed by atoms with Gasteiger partial charge in [0.15, 0.2) is 0 Å². The Morgan fingerprint density at radius 3 is 2.41 bits per heavy atom. The second-order valence-corrected chi connectivity index (χ2v) is 6.90. The molecule has 3 fully saturated rings. The highest BCUT2D eigenvalue weighted by molar-refractivity contribution is 6.07. The largest absolute Gasteiger partial charge is 0.343 e. The molecule has 22 heavy (non-hydrogen) atoms. The Morgan fingerprint density at radius 2 is 1.91 bits per heavy atom. The van der Waals surface area contributed by atoms with Gasteiger partial charge in [0.1, 0.15) is 6.04 Å². The molecule has 1 saturated heterocycles. The van der Waals surface area contributed by atoms with Gasteiger partial charge in [0.05, 0.1) is 12.3 Å². The van der Waals surface area contributed by atoms with Crippen molar-refractivity contribution in [3.05, 3.63) is 0 Å². The summed E-state index contributed by atoms with van der Waals surface area (Å²) >= 11 is 0. The van der Waals surface area contributed by atoms with Crippen molar-refractivity contribution in [2.75, 3.05) is 0 Å². The second kappa shape index (κ2) is 6.16. The summed E-state index contributed by atoms with van der Waals surface area (Å²) in [6.07, 6.45) is 3.25. The number of nitrogens with one attached hydrogen (secondary N) is 1. The minimum atomic E-state index is -0.710. The Bertz CT molecular complexity index is 494. The Balaban J connectivity index is 0.00000176. The fourth-order valence-corrected chi connectivity index (χ4v) is 4.30. The first-order valence-electron chi connectivity index (χ1n) is 7.82. The van der Waals surface area contributed by atoms with Crippen LogP contribution in [0.5, 0.6) is 0 Å². The average Bonchev–Trinajstić information content (AvgIpc) is 3.04. The van der Waals surface area contributed by atoms with E-state index < -0.39 is 6.04 Å². The number of likely N-dealkylation sites (tertiary alicyclic amines) is 1. The smallest absolute Gasteiger partial charge is 0.252 e. The van der Waals surface area contributed by atoms with Crippen LogP contribution in [0.3, 0.4) is 0 Å². The molecule has 3 rings (SSSR count). The lowest BCUT2D eigenvalue weighted by atomic mass is 9.84. The van der Waals surface area contributed by atoms with Crippen LogP contribution in [0.15, 0.2) is 0 Å². The maximum atomic E-state index is 12.5. The Kier molecular flexibility index (Phi) is 4.82. The number of nitrogens with two attached hydrogens (primary N) is 1. The summed E-state index contributed by atoms with van der Waals surface area (Å²) in [7, 11) is 0. The molecule has 1 heterocycles. The van der Waals surface area contributed by atoms with Crippen LogP contribution < -0.4 is 11.1 Å². The normalized spacial score (nSPS) is 36.9. The van der Waals surface area contributed by atoms with Crippen molar-refractivity contribution in [3.8, 4) is 0 Å². The molecule has 1 aliphatic heterocycles. The molecular formula is C15H24ClN3O3. The van der Waals surface area contributed by atoms with E-state index in [1.165, 1.54) is 4.90 Å². The van der Waals surface area contributed by atoms with Crippen LogP contribution in [0.25, 0.3) is 0 Å². The lowest BCUT2D eigenvalue weighted by Crippen LogP contribution is -2.50. The number of carbonyl (C=O) groups excluding carboxylic acids is 3. The second-order valence-electron chi connectivity index (χ2n) is 6.90. The van der Waals surface area contributed by atoms with Crippen LogP contribution in [0.2, 0.25) is 0 Å². The molecule has 124 valence electrons. The molecule has 0 aromatic rings. The molecule has 2 saturated carbocycles. The topological polar surface area (TPSA) is 92.5 Å². The summed E-state index contributed by atoms with van der Waals surface area (Å²) in [6, 6.07) is -0.979. The third-order valence-electron chi connectivity index (χ3n) is 5.30. The van der Waals surface area contributed by atoms with Crippen LogP contribution in [-0.4, -0.2) is 40.7 Å². The minimum absolute atomic E-state index is 0. The average molecular weight is 330 g/mol. The van der Waals surface area contributed by atoms with Gasteiger partial charge in [0, 0.05) is 12.1 Å². The molecule has 2 aliphatic carbocycles. The molecule has 3 N–H and O–H groups in total. The van der Waals surface area contributed by atoms with E-state index in [2.05, 4.69) is 5.32 Å². The summed E-state index contributed by atoms with van der Waals surface area (Å²) < 4.78 is 0. The van der Waals surface area contributed by atoms with Crippen molar-refractivity contribution in [1.29, 1.82) is 0 Å². The van der Waals surface area contributed by atoms with E-state index in [0.717, 1.165) is 19.3 Å². The van der Waals surface area contributed by atoms with Gasteiger partial charge in [-0.1, -0.05) is 0 Å². The minimum Gasteiger partial charge on any atom is -0.343 e. The molecule has 3 aliphatic rings. The van der Waals surface area contributed by atoms with Gasteiger partial charge in [-0.05, 0) is 44.9 Å². The third-order valence-corrected chi connectivity index (χ3v) is 5.30. The lowest BCUT2D eigenvalue weighted by Gasteiger charge is -2.28. The van der Waals surface area contributed by atoms with Gasteiger partial charge in [0.25, 0.3) is 5.91 Å². The number of hydrogen-bond donors (Lipinski definition) is 2. The Labute approximate surface area is 136 Å². The predicted molar refractivity (Wildman–Crippen MR) is 83.1 cm³/mol. The molecule has 0 spiro atoms. The number of hydrogen-bond acceptors (Lipinski definition) is 4.